The number of halogens is 6. The maximum atomic E-state index is 15.1. The zero-order valence-corrected chi connectivity index (χ0v) is 75.9. The molecular weight excluding hydrogens is 1790 g/mol. The Morgan fingerprint density at radius 3 is 0.969 bits per heavy atom. The first-order valence-electron chi connectivity index (χ1n) is 42.5. The number of thiazole rings is 4. The maximum absolute atomic E-state index is 15.1. The predicted octanol–water partition coefficient (Wildman–Crippen LogP) is 15.6. The molecule has 0 saturated carbocycles. The van der Waals surface area contributed by atoms with Crippen LogP contribution in [0.3, 0.4) is 0 Å². The summed E-state index contributed by atoms with van der Waals surface area (Å²) in [6.07, 6.45) is 10.1. The molecule has 5 fully saturated rings. The van der Waals surface area contributed by atoms with E-state index in [4.69, 9.17) is 13.8 Å². The van der Waals surface area contributed by atoms with E-state index in [0.29, 0.717) is 105 Å². The van der Waals surface area contributed by atoms with E-state index in [-0.39, 0.29) is 102 Å². The molecule has 4 amide bonds. The highest BCUT2D eigenvalue weighted by Crippen LogP contribution is 2.66. The summed E-state index contributed by atoms with van der Waals surface area (Å²) in [6.45, 7) is 14.1. The number of ether oxygens (including phenoxy) is 1. The second kappa shape index (κ2) is 44.8. The van der Waals surface area contributed by atoms with Crippen LogP contribution in [-0.2, 0) is 18.3 Å². The van der Waals surface area contributed by atoms with Crippen molar-refractivity contribution in [2.24, 2.45) is 0 Å². The second-order valence-electron chi connectivity index (χ2n) is 31.4. The van der Waals surface area contributed by atoms with E-state index >= 15 is 8.78 Å². The molecule has 12 aromatic rings. The first-order chi connectivity index (χ1) is 62.7. The highest BCUT2D eigenvalue weighted by atomic mass is 32.1. The quantitative estimate of drug-likeness (QED) is 0.0287. The normalized spacial score (nSPS) is 20.2. The van der Waals surface area contributed by atoms with Crippen LogP contribution < -0.4 is 0 Å². The molecule has 1 unspecified atom stereocenters. The molecule has 0 bridgehead atoms. The van der Waals surface area contributed by atoms with Crippen LogP contribution in [0.1, 0.15) is 237 Å². The van der Waals surface area contributed by atoms with E-state index in [2.05, 4.69) is 67.6 Å². The van der Waals surface area contributed by atoms with E-state index in [0.717, 1.165) is 74.4 Å². The van der Waals surface area contributed by atoms with Gasteiger partial charge in [0.05, 0.1) is 145 Å². The van der Waals surface area contributed by atoms with Gasteiger partial charge in [0.2, 0.25) is 0 Å². The molecule has 130 heavy (non-hydrogen) atoms. The SMILES string of the molecule is C1CCOC1.CCOP(=O)(OCC)C(F)(F)C(O)c1csc([C@@H]2CC[C@@H](C)N(C(=O)c3ccccc3-n3nccn3)C2)n1.C[C@@H]1CC[C@@H](c2nc(C=O)cs2)CN1C(=O)c1ccccc1-n1nccn1.C[C@@H]1CC[C@@H](c2nc([C@@H](O)C(F)F)cs2)CN1C(=O)c1ccccc1-n1nccn1.C[C@@H]1CC[C@@H](c2nc([C@H](O)C(F)F)cs2)CN1C(=O)c1ccccc1-n1nccn1. The number of aromatic nitrogens is 16. The molecule has 3 N–H and O–H groups in total. The Morgan fingerprint density at radius 1 is 0.438 bits per heavy atom. The van der Waals surface area contributed by atoms with Crippen LogP contribution >= 0.6 is 52.9 Å². The topological polar surface area (TPSA) is 378 Å². The Kier molecular flexibility index (Phi) is 33.3. The fourth-order valence-electron chi connectivity index (χ4n) is 15.7. The van der Waals surface area contributed by atoms with Gasteiger partial charge in [0.25, 0.3) is 36.5 Å². The summed E-state index contributed by atoms with van der Waals surface area (Å²) < 4.78 is 108. The molecule has 690 valence electrons. The Labute approximate surface area is 760 Å². The smallest absolute Gasteiger partial charge is 0.381 e. The molecule has 0 aliphatic carbocycles. The molecule has 0 spiro atoms. The van der Waals surface area contributed by atoms with Crippen LogP contribution in [0.25, 0.3) is 22.7 Å². The van der Waals surface area contributed by atoms with Crippen molar-refractivity contribution < 1.29 is 84.0 Å². The Balaban J connectivity index is 0.000000146. The summed E-state index contributed by atoms with van der Waals surface area (Å²) in [5, 5.41) is 71.5. The number of aliphatic hydroxyl groups is 3. The van der Waals surface area contributed by atoms with Gasteiger partial charge >= 0.3 is 13.3 Å². The van der Waals surface area contributed by atoms with Gasteiger partial charge in [-0.15, -0.1) is 45.3 Å². The summed E-state index contributed by atoms with van der Waals surface area (Å²) in [6, 6.07) is 28.9. The molecule has 13 heterocycles. The number of carbonyl (C=O) groups excluding carboxylic acids is 5. The molecular formula is C87H99F6N20O12PS4. The van der Waals surface area contributed by atoms with Gasteiger partial charge in [0.15, 0.2) is 24.6 Å². The number of hydrogen-bond donors (Lipinski definition) is 3. The van der Waals surface area contributed by atoms with Gasteiger partial charge < -0.3 is 48.7 Å². The summed E-state index contributed by atoms with van der Waals surface area (Å²) in [7, 11) is -4.94. The third-order valence-corrected chi connectivity index (χ3v) is 29.1. The Morgan fingerprint density at radius 2 is 0.708 bits per heavy atom. The minimum atomic E-state index is -4.94. The molecule has 8 aromatic heterocycles. The first kappa shape index (κ1) is 96.6. The Hall–Kier alpha value is -10.9. The average molecular weight is 1890 g/mol. The number of nitrogens with zero attached hydrogens (tertiary/aromatic N) is 20. The first-order valence-corrected chi connectivity index (χ1v) is 47.6. The number of carbonyl (C=O) groups is 5. The Bertz CT molecular complexity index is 5540. The highest BCUT2D eigenvalue weighted by Gasteiger charge is 2.60. The van der Waals surface area contributed by atoms with E-state index in [1.165, 1.54) is 108 Å². The number of piperidine rings is 4. The molecule has 5 aliphatic heterocycles. The summed E-state index contributed by atoms with van der Waals surface area (Å²) in [5.41, 5.74) is 0.322. The second-order valence-corrected chi connectivity index (χ2v) is 37.1. The largest absolute Gasteiger partial charge is 0.402 e. The number of alkyl halides is 6. The number of para-hydroxylation sites is 4. The third-order valence-electron chi connectivity index (χ3n) is 22.8. The molecule has 32 nitrogen and oxygen atoms in total. The lowest BCUT2D eigenvalue weighted by atomic mass is 9.93. The molecule has 5 saturated heterocycles. The van der Waals surface area contributed by atoms with Gasteiger partial charge in [-0.1, -0.05) is 48.5 Å². The van der Waals surface area contributed by atoms with Gasteiger partial charge in [-0.25, -0.2) is 37.5 Å². The third kappa shape index (κ3) is 22.8. The standard InChI is InChI=1S/C24H30F2N5O5PS.2C20H21F2N5O2S.C19H19N5O2S.C4H8O/c1-4-35-37(34,36-5-2)24(25,26)21(32)19-15-38-22(29-19)17-11-10-16(3)30(14-17)23(33)18-8-6-7-9-20(18)31-27-12-13-28-31;2*1-12-6-7-13(19-25-15(11-30-19)17(28)18(21)22)10-26(12)20(29)14-4-2-3-5-16(14)27-23-8-9-24-27;1-13-6-7-14(18-22-15(11-25)12-27-18)10-23(13)19(26)16-4-2-3-5-17(16)24-20-8-9-21-24;1-2-4-5-3-1/h6-9,12-13,15-17,21,32H,4-5,10-11,14H2,1-3H3;2*2-5,8-9,11-13,17-18,28H,6-7,10H2,1H3;2-5,8-9,11-14H,6-7,10H2,1H3;1-4H2/t16-,17-,21?;12-,13-,17+;12-,13-,17-;13-,14-;/m1111./s1. The van der Waals surface area contributed by atoms with E-state index in [1.54, 1.807) is 118 Å². The molecule has 11 atom stereocenters. The lowest BCUT2D eigenvalue weighted by molar-refractivity contribution is -0.0693. The van der Waals surface area contributed by atoms with Crippen LogP contribution in [0.2, 0.25) is 0 Å². The van der Waals surface area contributed by atoms with Crippen LogP contribution in [0, 0.1) is 0 Å². The van der Waals surface area contributed by atoms with E-state index < -0.39 is 44.4 Å². The van der Waals surface area contributed by atoms with Crippen molar-refractivity contribution in [3.8, 4) is 22.7 Å². The summed E-state index contributed by atoms with van der Waals surface area (Å²) >= 11 is 5.09. The average Bonchev–Trinajstić information content (AvgIpc) is 1.46. The van der Waals surface area contributed by atoms with Crippen LogP contribution in [0.15, 0.2) is 168 Å². The van der Waals surface area contributed by atoms with Crippen molar-refractivity contribution in [2.45, 2.75) is 190 Å². The lowest BCUT2D eigenvalue weighted by Gasteiger charge is -2.37. The van der Waals surface area contributed by atoms with Gasteiger partial charge in [-0.2, -0.15) is 68.8 Å². The molecule has 17 rings (SSSR count). The number of aliphatic hydroxyl groups excluding tert-OH is 3. The molecule has 5 aliphatic rings. The van der Waals surface area contributed by atoms with Crippen molar-refractivity contribution in [2.75, 3.05) is 52.6 Å². The zero-order valence-electron chi connectivity index (χ0n) is 71.8. The number of hydrogen-bond acceptors (Lipinski definition) is 28. The van der Waals surface area contributed by atoms with Crippen LogP contribution in [0.4, 0.5) is 26.3 Å². The fraction of sp³-hybridized carbons (Fsp3) is 0.437. The predicted molar refractivity (Wildman–Crippen MR) is 472 cm³/mol. The number of aldehydes is 1. The number of benzene rings is 4. The van der Waals surface area contributed by atoms with Crippen molar-refractivity contribution in [1.29, 1.82) is 0 Å². The van der Waals surface area contributed by atoms with Crippen LogP contribution in [-0.4, -0.2) is 240 Å². The van der Waals surface area contributed by atoms with E-state index in [9.17, 15) is 61.4 Å². The number of likely N-dealkylation sites (tertiary alicyclic amines) is 4. The zero-order chi connectivity index (χ0) is 92.3. The van der Waals surface area contributed by atoms with E-state index in [1.807, 2.05) is 62.1 Å². The monoisotopic (exact) mass is 1890 g/mol. The van der Waals surface area contributed by atoms with Crippen molar-refractivity contribution in [1.82, 2.24) is 99.5 Å². The van der Waals surface area contributed by atoms with Gasteiger partial charge in [-0.3, -0.25) is 28.5 Å². The maximum Gasteiger partial charge on any atom is 0.402 e. The summed E-state index contributed by atoms with van der Waals surface area (Å²) in [4.78, 5) is 94.8. The van der Waals surface area contributed by atoms with Crippen LogP contribution in [0.5, 0.6) is 0 Å². The molecule has 0 radical (unpaired) electrons. The van der Waals surface area contributed by atoms with Crippen molar-refractivity contribution >= 4 is 82.9 Å². The highest BCUT2D eigenvalue weighted by molar-refractivity contribution is 7.55. The van der Waals surface area contributed by atoms with Gasteiger partial charge in [0.1, 0.15) is 5.69 Å². The molecule has 43 heteroatoms. The van der Waals surface area contributed by atoms with Gasteiger partial charge in [-0.05, 0) is 154 Å². The fourth-order valence-corrected chi connectivity index (χ4v) is 21.1. The van der Waals surface area contributed by atoms with Crippen molar-refractivity contribution in [3.63, 3.8) is 0 Å². The van der Waals surface area contributed by atoms with Crippen molar-refractivity contribution in [3.05, 3.63) is 233 Å². The van der Waals surface area contributed by atoms with Gasteiger partial charge in [0, 0.05) is 109 Å². The number of rotatable bonds is 24. The summed E-state index contributed by atoms with van der Waals surface area (Å²) in [5.74, 6) is -0.712. The lowest BCUT2D eigenvalue weighted by Crippen LogP contribution is -2.45. The molecule has 4 aromatic carbocycles. The minimum absolute atomic E-state index is 0.0170. The number of amides is 4. The minimum Gasteiger partial charge on any atom is -0.381 e.